The predicted octanol–water partition coefficient (Wildman–Crippen LogP) is 2.54. The fraction of sp³-hybridized carbons (Fsp3) is 0.412. The van der Waals surface area contributed by atoms with Crippen molar-refractivity contribution >= 4 is 34.9 Å². The summed E-state index contributed by atoms with van der Waals surface area (Å²) in [4.78, 5) is 29.6. The van der Waals surface area contributed by atoms with E-state index in [1.54, 1.807) is 0 Å². The number of halogens is 1. The van der Waals surface area contributed by atoms with Crippen LogP contribution in [0, 0.1) is 11.2 Å². The lowest BCUT2D eigenvalue weighted by Gasteiger charge is -2.40. The van der Waals surface area contributed by atoms with Crippen LogP contribution in [0.3, 0.4) is 0 Å². The molecule has 0 amide bonds. The van der Waals surface area contributed by atoms with Crippen molar-refractivity contribution in [3.05, 3.63) is 28.2 Å². The van der Waals surface area contributed by atoms with E-state index in [9.17, 15) is 19.1 Å². The van der Waals surface area contributed by atoms with Gasteiger partial charge >= 0.3 is 5.97 Å². The Kier molecular flexibility index (Phi) is 2.31. The number of nitrogens with zero attached hydrogens (tertiary/aromatic N) is 2. The second-order valence-electron chi connectivity index (χ2n) is 7.08. The van der Waals surface area contributed by atoms with Crippen molar-refractivity contribution in [2.45, 2.75) is 24.6 Å². The standard InChI is InChI=1S/C17H13FN2O4S/c18-8-5-7-10-12(11(8)19-3-1-2-4-19)24-14-9-6-17(13(7)21,16(22)23)15(25-9)20(10)14/h5,15H,1-4,6H2,(H,22,23). The number of carboxylic acids is 1. The SMILES string of the molecule is O=C(O)C12CC3=C4Oc5c(N6CCCC6)c(F)cc(c5N4C1S3)C2=O. The van der Waals surface area contributed by atoms with Crippen molar-refractivity contribution in [1.29, 1.82) is 0 Å². The topological polar surface area (TPSA) is 70.1 Å². The minimum Gasteiger partial charge on any atom is -0.480 e. The first-order valence-electron chi connectivity index (χ1n) is 8.30. The molecule has 8 heteroatoms. The number of ether oxygens (including phenoxy) is 1. The molecule has 0 saturated carbocycles. The summed E-state index contributed by atoms with van der Waals surface area (Å²) in [7, 11) is 0. The molecule has 25 heavy (non-hydrogen) atoms. The third-order valence-electron chi connectivity index (χ3n) is 5.88. The Bertz CT molecular complexity index is 939. The van der Waals surface area contributed by atoms with Crippen molar-refractivity contribution in [2.24, 2.45) is 5.41 Å². The van der Waals surface area contributed by atoms with Crippen LogP contribution in [0.5, 0.6) is 5.75 Å². The van der Waals surface area contributed by atoms with Gasteiger partial charge in [0.2, 0.25) is 5.88 Å². The van der Waals surface area contributed by atoms with Gasteiger partial charge in [0, 0.05) is 30.0 Å². The van der Waals surface area contributed by atoms with E-state index in [4.69, 9.17) is 4.74 Å². The number of rotatable bonds is 2. The molecule has 6 nitrogen and oxygen atoms in total. The number of anilines is 2. The molecule has 0 aromatic heterocycles. The minimum absolute atomic E-state index is 0.126. The Morgan fingerprint density at radius 2 is 2.12 bits per heavy atom. The van der Waals surface area contributed by atoms with Gasteiger partial charge in [0.1, 0.15) is 16.7 Å². The van der Waals surface area contributed by atoms with Crippen LogP contribution in [0.15, 0.2) is 16.9 Å². The lowest BCUT2D eigenvalue weighted by molar-refractivity contribution is -0.145. The lowest BCUT2D eigenvalue weighted by Crippen LogP contribution is -2.56. The Morgan fingerprint density at radius 1 is 1.36 bits per heavy atom. The van der Waals surface area contributed by atoms with E-state index in [1.807, 2.05) is 9.80 Å². The summed E-state index contributed by atoms with van der Waals surface area (Å²) in [6.45, 7) is 1.51. The summed E-state index contributed by atoms with van der Waals surface area (Å²) in [5, 5.41) is 9.27. The van der Waals surface area contributed by atoms with Crippen molar-refractivity contribution in [1.82, 2.24) is 0 Å². The number of thioether (sulfide) groups is 1. The minimum atomic E-state index is -1.54. The number of benzene rings is 1. The highest BCUT2D eigenvalue weighted by Crippen LogP contribution is 2.69. The van der Waals surface area contributed by atoms with Gasteiger partial charge in [-0.3, -0.25) is 14.5 Å². The monoisotopic (exact) mass is 360 g/mol. The molecule has 0 aliphatic carbocycles. The molecule has 5 aliphatic heterocycles. The number of hydrogen-bond acceptors (Lipinski definition) is 6. The molecule has 2 saturated heterocycles. The average Bonchev–Trinajstić information content (AvgIpc) is 3.32. The van der Waals surface area contributed by atoms with Crippen LogP contribution in [-0.2, 0) is 4.79 Å². The van der Waals surface area contributed by atoms with E-state index in [2.05, 4.69) is 0 Å². The number of Topliss-reactive ketones (excluding diaryl/α,β-unsaturated/α-hetero) is 1. The van der Waals surface area contributed by atoms with Gasteiger partial charge in [0.05, 0.1) is 0 Å². The summed E-state index contributed by atoms with van der Waals surface area (Å²) < 4.78 is 20.9. The van der Waals surface area contributed by atoms with E-state index < -0.39 is 28.4 Å². The van der Waals surface area contributed by atoms with Crippen molar-refractivity contribution in [3.63, 3.8) is 0 Å². The van der Waals surface area contributed by atoms with Crippen LogP contribution >= 0.6 is 11.8 Å². The molecule has 2 bridgehead atoms. The molecule has 128 valence electrons. The molecule has 5 aliphatic rings. The Balaban J connectivity index is 1.66. The lowest BCUT2D eigenvalue weighted by atomic mass is 9.72. The van der Waals surface area contributed by atoms with E-state index in [1.165, 1.54) is 17.8 Å². The Morgan fingerprint density at radius 3 is 2.84 bits per heavy atom. The second-order valence-corrected chi connectivity index (χ2v) is 8.25. The number of carbonyl (C=O) groups excluding carboxylic acids is 1. The van der Waals surface area contributed by atoms with Crippen LogP contribution in [0.1, 0.15) is 29.6 Å². The average molecular weight is 360 g/mol. The number of allylic oxidation sites excluding steroid dienone is 1. The van der Waals surface area contributed by atoms with Crippen LogP contribution in [0.2, 0.25) is 0 Å². The van der Waals surface area contributed by atoms with Gasteiger partial charge < -0.3 is 14.7 Å². The Hall–Kier alpha value is -2.22. The molecule has 2 unspecified atom stereocenters. The van der Waals surface area contributed by atoms with Crippen LogP contribution in [-0.4, -0.2) is 35.3 Å². The van der Waals surface area contributed by atoms with Gasteiger partial charge in [0.15, 0.2) is 22.8 Å². The maximum Gasteiger partial charge on any atom is 0.321 e. The van der Waals surface area contributed by atoms with Crippen molar-refractivity contribution in [2.75, 3.05) is 22.9 Å². The zero-order valence-electron chi connectivity index (χ0n) is 13.0. The zero-order chi connectivity index (χ0) is 17.1. The first-order valence-corrected chi connectivity index (χ1v) is 9.18. The van der Waals surface area contributed by atoms with Crippen LogP contribution in [0.4, 0.5) is 15.8 Å². The Labute approximate surface area is 146 Å². The molecule has 1 aromatic carbocycles. The summed E-state index contributed by atoms with van der Waals surface area (Å²) in [5.41, 5.74) is -0.458. The van der Waals surface area contributed by atoms with E-state index in [-0.39, 0.29) is 12.0 Å². The van der Waals surface area contributed by atoms with Gasteiger partial charge in [-0.1, -0.05) is 11.8 Å². The van der Waals surface area contributed by atoms with Gasteiger partial charge in [-0.25, -0.2) is 4.39 Å². The third kappa shape index (κ3) is 1.34. The molecular formula is C17H13FN2O4S. The molecule has 2 atom stereocenters. The summed E-state index contributed by atoms with van der Waals surface area (Å²) in [5.74, 6) is -1.20. The van der Waals surface area contributed by atoms with Crippen LogP contribution < -0.4 is 14.5 Å². The molecule has 0 spiro atoms. The predicted molar refractivity (Wildman–Crippen MR) is 88.4 cm³/mol. The molecule has 5 heterocycles. The maximum atomic E-state index is 14.9. The maximum absolute atomic E-state index is 14.9. The molecule has 0 radical (unpaired) electrons. The van der Waals surface area contributed by atoms with E-state index >= 15 is 0 Å². The molecule has 1 aromatic rings. The van der Waals surface area contributed by atoms with Gasteiger partial charge in [-0.05, 0) is 18.9 Å². The second kappa shape index (κ2) is 4.12. The quantitative estimate of drug-likeness (QED) is 0.813. The van der Waals surface area contributed by atoms with Gasteiger partial charge in [0.25, 0.3) is 0 Å². The number of hydrogen-bond donors (Lipinski definition) is 1. The van der Waals surface area contributed by atoms with E-state index in [0.717, 1.165) is 30.8 Å². The zero-order valence-corrected chi connectivity index (χ0v) is 13.9. The van der Waals surface area contributed by atoms with Gasteiger partial charge in [-0.2, -0.15) is 0 Å². The molecule has 6 rings (SSSR count). The number of ketones is 1. The fourth-order valence-corrected chi connectivity index (χ4v) is 6.36. The van der Waals surface area contributed by atoms with Gasteiger partial charge in [-0.15, -0.1) is 0 Å². The summed E-state index contributed by atoms with van der Waals surface area (Å²) >= 11 is 1.38. The first-order chi connectivity index (χ1) is 12.0. The highest BCUT2D eigenvalue weighted by molar-refractivity contribution is 8.04. The highest BCUT2D eigenvalue weighted by Gasteiger charge is 2.70. The largest absolute Gasteiger partial charge is 0.480 e. The fourth-order valence-electron chi connectivity index (χ4n) is 4.74. The normalized spacial score (nSPS) is 30.6. The summed E-state index contributed by atoms with van der Waals surface area (Å²) in [6, 6.07) is 1.21. The smallest absolute Gasteiger partial charge is 0.321 e. The third-order valence-corrected chi connectivity index (χ3v) is 7.32. The number of carboxylic acid groups (broad SMARTS) is 1. The van der Waals surface area contributed by atoms with Crippen molar-refractivity contribution < 1.29 is 23.8 Å². The number of carbonyl (C=O) groups is 2. The highest BCUT2D eigenvalue weighted by atomic mass is 32.2. The molecular weight excluding hydrogens is 347 g/mol. The summed E-state index contributed by atoms with van der Waals surface area (Å²) in [6.07, 6.45) is 2.11. The molecule has 1 N–H and O–H groups in total. The van der Waals surface area contributed by atoms with E-state index in [0.29, 0.717) is 23.0 Å². The first kappa shape index (κ1) is 14.0. The molecule has 2 fully saturated rings. The van der Waals surface area contributed by atoms with Crippen molar-refractivity contribution in [3.8, 4) is 5.75 Å². The number of fused-ring (bicyclic) bond motifs is 1. The van der Waals surface area contributed by atoms with Crippen LogP contribution in [0.25, 0.3) is 0 Å². The number of aliphatic carboxylic acids is 1.